The average Bonchev–Trinajstić information content (AvgIpc) is 3.31. The van der Waals surface area contributed by atoms with Crippen LogP contribution < -0.4 is 5.32 Å². The van der Waals surface area contributed by atoms with Crippen molar-refractivity contribution in [1.82, 2.24) is 24.8 Å². The Hall–Kier alpha value is -3.03. The predicted molar refractivity (Wildman–Crippen MR) is 138 cm³/mol. The Morgan fingerprint density at radius 1 is 1.00 bits per heavy atom. The lowest BCUT2D eigenvalue weighted by Crippen LogP contribution is -2.29. The van der Waals surface area contributed by atoms with Crippen LogP contribution in [0.25, 0.3) is 5.69 Å². The second-order valence-corrected chi connectivity index (χ2v) is 9.55. The molecule has 0 saturated carbocycles. The standard InChI is InChI=1S/C26H24BrN5S/c1-17-15-22(18(2)32(17)21-8-6-20(27)7-9-21)25-24(23-5-3-4-12-29-23)30-26(33)31(25)16-19-10-13-28-14-11-19/h3-15,24-25H,16H2,1-2H3,(H,30,33)/t24-,25+/m0/s1. The predicted octanol–water partition coefficient (Wildman–Crippen LogP) is 5.82. The fourth-order valence-corrected chi connectivity index (χ4v) is 5.24. The molecule has 1 aromatic carbocycles. The van der Waals surface area contributed by atoms with Crippen molar-refractivity contribution < 1.29 is 0 Å². The Labute approximate surface area is 207 Å². The Morgan fingerprint density at radius 3 is 2.45 bits per heavy atom. The van der Waals surface area contributed by atoms with E-state index < -0.39 is 0 Å². The number of benzene rings is 1. The second-order valence-electron chi connectivity index (χ2n) is 8.25. The van der Waals surface area contributed by atoms with Gasteiger partial charge in [0.15, 0.2) is 5.11 Å². The SMILES string of the molecule is Cc1cc([C@@H]2[C@H](c3ccccn3)NC(=S)N2Cc2ccncc2)c(C)n1-c1ccc(Br)cc1. The van der Waals surface area contributed by atoms with E-state index in [9.17, 15) is 0 Å². The van der Waals surface area contributed by atoms with E-state index in [1.807, 2.05) is 42.9 Å². The number of rotatable bonds is 5. The molecule has 1 N–H and O–H groups in total. The zero-order valence-electron chi connectivity index (χ0n) is 18.4. The summed E-state index contributed by atoms with van der Waals surface area (Å²) in [5.41, 5.74) is 6.92. The minimum absolute atomic E-state index is 0.0102. The molecule has 5 nitrogen and oxygen atoms in total. The van der Waals surface area contributed by atoms with Crippen LogP contribution in [0.2, 0.25) is 0 Å². The monoisotopic (exact) mass is 517 g/mol. The summed E-state index contributed by atoms with van der Waals surface area (Å²) in [6, 6.07) is 20.8. The van der Waals surface area contributed by atoms with Crippen LogP contribution in [0, 0.1) is 13.8 Å². The number of aromatic nitrogens is 3. The molecule has 3 aromatic heterocycles. The molecule has 7 heteroatoms. The van der Waals surface area contributed by atoms with Crippen LogP contribution in [-0.2, 0) is 6.54 Å². The number of aryl methyl sites for hydroxylation is 1. The van der Waals surface area contributed by atoms with Gasteiger partial charge in [0.05, 0.1) is 17.8 Å². The molecular formula is C26H24BrN5S. The lowest BCUT2D eigenvalue weighted by atomic mass is 9.96. The fourth-order valence-electron chi connectivity index (χ4n) is 4.67. The molecule has 1 aliphatic heterocycles. The molecule has 0 unspecified atom stereocenters. The number of hydrogen-bond donors (Lipinski definition) is 1. The molecule has 4 aromatic rings. The van der Waals surface area contributed by atoms with Gasteiger partial charge in [0.25, 0.3) is 0 Å². The van der Waals surface area contributed by atoms with Crippen LogP contribution in [0.15, 0.2) is 83.7 Å². The van der Waals surface area contributed by atoms with Crippen LogP contribution in [0.3, 0.4) is 0 Å². The molecule has 0 radical (unpaired) electrons. The summed E-state index contributed by atoms with van der Waals surface area (Å²) in [7, 11) is 0. The first-order valence-electron chi connectivity index (χ1n) is 10.8. The van der Waals surface area contributed by atoms with Crippen LogP contribution in [0.1, 0.15) is 40.3 Å². The zero-order chi connectivity index (χ0) is 22.9. The van der Waals surface area contributed by atoms with Crippen molar-refractivity contribution in [2.75, 3.05) is 0 Å². The summed E-state index contributed by atoms with van der Waals surface area (Å²) >= 11 is 9.39. The Kier molecular flexibility index (Phi) is 6.00. The minimum atomic E-state index is -0.0422. The largest absolute Gasteiger partial charge is 0.352 e. The van der Waals surface area contributed by atoms with Gasteiger partial charge in [-0.15, -0.1) is 0 Å². The van der Waals surface area contributed by atoms with Crippen molar-refractivity contribution in [2.45, 2.75) is 32.5 Å². The molecule has 0 spiro atoms. The van der Waals surface area contributed by atoms with E-state index in [0.29, 0.717) is 6.54 Å². The van der Waals surface area contributed by atoms with Gasteiger partial charge in [-0.05, 0) is 91.8 Å². The second kappa shape index (κ2) is 9.08. The summed E-state index contributed by atoms with van der Waals surface area (Å²) in [5.74, 6) is 0. The van der Waals surface area contributed by atoms with Gasteiger partial charge in [-0.3, -0.25) is 9.97 Å². The summed E-state index contributed by atoms with van der Waals surface area (Å²) < 4.78 is 3.38. The Balaban J connectivity index is 1.61. The van der Waals surface area contributed by atoms with E-state index in [1.165, 1.54) is 22.5 Å². The Bertz CT molecular complexity index is 1270. The molecule has 1 fully saturated rings. The maximum atomic E-state index is 5.84. The molecule has 0 bridgehead atoms. The normalized spacial score (nSPS) is 17.9. The number of nitrogens with one attached hydrogen (secondary N) is 1. The molecule has 166 valence electrons. The van der Waals surface area contributed by atoms with Crippen LogP contribution in [-0.4, -0.2) is 24.5 Å². The van der Waals surface area contributed by atoms with Crippen molar-refractivity contribution in [3.8, 4) is 5.69 Å². The molecule has 0 aliphatic carbocycles. The molecule has 4 heterocycles. The van der Waals surface area contributed by atoms with Gasteiger partial charge in [0.1, 0.15) is 0 Å². The number of pyridine rings is 2. The highest BCUT2D eigenvalue weighted by Gasteiger charge is 2.41. The van der Waals surface area contributed by atoms with Crippen molar-refractivity contribution in [1.29, 1.82) is 0 Å². The topological polar surface area (TPSA) is 46.0 Å². The van der Waals surface area contributed by atoms with Crippen LogP contribution >= 0.6 is 28.1 Å². The third kappa shape index (κ3) is 4.18. The van der Waals surface area contributed by atoms with E-state index >= 15 is 0 Å². The summed E-state index contributed by atoms with van der Waals surface area (Å²) in [5, 5.41) is 4.29. The quantitative estimate of drug-likeness (QED) is 0.338. The van der Waals surface area contributed by atoms with Crippen molar-refractivity contribution in [3.63, 3.8) is 0 Å². The first kappa shape index (κ1) is 21.8. The maximum absolute atomic E-state index is 5.84. The highest BCUT2D eigenvalue weighted by molar-refractivity contribution is 9.10. The van der Waals surface area contributed by atoms with Gasteiger partial charge in [0.2, 0.25) is 0 Å². The lowest BCUT2D eigenvalue weighted by Gasteiger charge is -2.28. The van der Waals surface area contributed by atoms with Crippen LogP contribution in [0.5, 0.6) is 0 Å². The molecule has 5 rings (SSSR count). The van der Waals surface area contributed by atoms with Gasteiger partial charge < -0.3 is 14.8 Å². The van der Waals surface area contributed by atoms with Gasteiger partial charge in [-0.2, -0.15) is 0 Å². The molecule has 0 amide bonds. The number of thiocarbonyl (C=S) groups is 1. The highest BCUT2D eigenvalue weighted by atomic mass is 79.9. The summed E-state index contributed by atoms with van der Waals surface area (Å²) in [6.45, 7) is 5.04. The third-order valence-electron chi connectivity index (χ3n) is 6.17. The average molecular weight is 518 g/mol. The third-order valence-corrected chi connectivity index (χ3v) is 7.05. The first-order chi connectivity index (χ1) is 16.0. The van der Waals surface area contributed by atoms with Crippen LogP contribution in [0.4, 0.5) is 0 Å². The van der Waals surface area contributed by atoms with E-state index in [4.69, 9.17) is 12.2 Å². The molecule has 1 saturated heterocycles. The number of halogens is 1. The van der Waals surface area contributed by atoms with Gasteiger partial charge in [-0.1, -0.05) is 22.0 Å². The van der Waals surface area contributed by atoms with Crippen molar-refractivity contribution >= 4 is 33.3 Å². The smallest absolute Gasteiger partial charge is 0.170 e. The summed E-state index contributed by atoms with van der Waals surface area (Å²) in [6.07, 6.45) is 5.49. The first-order valence-corrected chi connectivity index (χ1v) is 12.0. The molecular weight excluding hydrogens is 494 g/mol. The van der Waals surface area contributed by atoms with Gasteiger partial charge in [-0.25, -0.2) is 0 Å². The maximum Gasteiger partial charge on any atom is 0.170 e. The van der Waals surface area contributed by atoms with E-state index in [-0.39, 0.29) is 12.1 Å². The molecule has 33 heavy (non-hydrogen) atoms. The lowest BCUT2D eigenvalue weighted by molar-refractivity contribution is 0.310. The molecule has 2 atom stereocenters. The number of hydrogen-bond acceptors (Lipinski definition) is 3. The van der Waals surface area contributed by atoms with Crippen molar-refractivity contribution in [3.05, 3.63) is 112 Å². The van der Waals surface area contributed by atoms with E-state index in [0.717, 1.165) is 21.0 Å². The minimum Gasteiger partial charge on any atom is -0.352 e. The van der Waals surface area contributed by atoms with Crippen molar-refractivity contribution in [2.24, 2.45) is 0 Å². The van der Waals surface area contributed by atoms with Gasteiger partial charge >= 0.3 is 0 Å². The van der Waals surface area contributed by atoms with Gasteiger partial charge in [0, 0.05) is 46.7 Å². The molecule has 1 aliphatic rings. The highest BCUT2D eigenvalue weighted by Crippen LogP contribution is 2.42. The Morgan fingerprint density at radius 2 is 1.76 bits per heavy atom. The number of nitrogens with zero attached hydrogens (tertiary/aromatic N) is 4. The van der Waals surface area contributed by atoms with E-state index in [2.05, 4.69) is 90.9 Å². The fraction of sp³-hybridized carbons (Fsp3) is 0.192. The van der Waals surface area contributed by atoms with E-state index in [1.54, 1.807) is 0 Å². The summed E-state index contributed by atoms with van der Waals surface area (Å²) in [4.78, 5) is 11.1. The zero-order valence-corrected chi connectivity index (χ0v) is 20.8.